The van der Waals surface area contributed by atoms with Gasteiger partial charge >= 0.3 is 30.1 Å². The summed E-state index contributed by atoms with van der Waals surface area (Å²) in [6.07, 6.45) is 5.05. The molecule has 7 N–H and O–H groups in total. The SMILES string of the molecule is CC(C)(C)OC(=O)NC1CCCC1C(=O)O.CC(C)CCOc1cc(NC(=O)C2CCCC2NC(=O)OC(C)(C)C)cc(C(=O)OCc2ccccc2)c1.CC(C)CCOc1cc([NH3+])cc(C(=O)OCc2ccccc2)c1. The molecule has 0 aliphatic heterocycles. The molecule has 2 fully saturated rings. The highest BCUT2D eigenvalue weighted by molar-refractivity contribution is 5.97. The quantitative estimate of drug-likeness (QED) is 0.0434. The lowest BCUT2D eigenvalue weighted by molar-refractivity contribution is -0.254. The highest BCUT2D eigenvalue weighted by atomic mass is 16.6. The Morgan fingerprint density at radius 1 is 0.584 bits per heavy atom. The van der Waals surface area contributed by atoms with Crippen molar-refractivity contribution in [1.29, 1.82) is 0 Å². The Hall–Kier alpha value is -7.14. The third-order valence-corrected chi connectivity index (χ3v) is 12.1. The molecule has 0 bridgehead atoms. The Morgan fingerprint density at radius 3 is 1.45 bits per heavy atom. The van der Waals surface area contributed by atoms with Gasteiger partial charge in [0, 0.05) is 36.0 Å². The van der Waals surface area contributed by atoms with Gasteiger partial charge in [0.15, 0.2) is 0 Å². The van der Waals surface area contributed by atoms with Crippen LogP contribution in [0.5, 0.6) is 11.5 Å². The summed E-state index contributed by atoms with van der Waals surface area (Å²) >= 11 is 0. The number of hydrogen-bond donors (Lipinski definition) is 5. The summed E-state index contributed by atoms with van der Waals surface area (Å²) in [6.45, 7) is 20.7. The fraction of sp³-hybridized carbons (Fsp3) is 0.500. The minimum absolute atomic E-state index is 0.139. The zero-order valence-corrected chi connectivity index (χ0v) is 46.7. The van der Waals surface area contributed by atoms with Gasteiger partial charge in [-0.25, -0.2) is 19.2 Å². The van der Waals surface area contributed by atoms with Gasteiger partial charge in [-0.3, -0.25) is 9.59 Å². The van der Waals surface area contributed by atoms with Crippen LogP contribution in [0, 0.1) is 23.7 Å². The number of benzene rings is 4. The van der Waals surface area contributed by atoms with Gasteiger partial charge in [0.25, 0.3) is 0 Å². The standard InChI is InChI=1S/C30H40N2O6.C19H23NO3.C11H19NO4/c1-20(2)14-15-36-24-17-22(28(34)37-19-21-10-7-6-8-11-21)16-23(18-24)31-27(33)25-12-9-13-26(25)32-29(35)38-30(3,4)5;1-14(2)8-9-22-18-11-16(10-17(20)12-18)19(21)23-13-15-6-4-3-5-7-15;1-11(2,3)16-10(15)12-8-6-4-5-7(8)9(13)14/h6-8,10-11,16-18,20,25-26H,9,12-15,19H2,1-5H3,(H,31,33)(H,32,35);3-7,10-12,14H,8-9,13,20H2,1-2H3;7-8H,4-6H2,1-3H3,(H,12,15)(H,13,14)/p+1. The Morgan fingerprint density at radius 2 is 1.01 bits per heavy atom. The van der Waals surface area contributed by atoms with Gasteiger partial charge in [0.05, 0.1) is 36.2 Å². The van der Waals surface area contributed by atoms with Crippen LogP contribution in [-0.4, -0.2) is 77.6 Å². The van der Waals surface area contributed by atoms with Crippen LogP contribution >= 0.6 is 0 Å². The monoisotopic (exact) mass is 1070 g/mol. The van der Waals surface area contributed by atoms with Crippen LogP contribution in [0.15, 0.2) is 97.1 Å². The van der Waals surface area contributed by atoms with E-state index in [9.17, 15) is 28.8 Å². The van der Waals surface area contributed by atoms with E-state index in [1.54, 1.807) is 71.9 Å². The first-order valence-electron chi connectivity index (χ1n) is 26.7. The fourth-order valence-electron chi connectivity index (χ4n) is 8.20. The van der Waals surface area contributed by atoms with Crippen LogP contribution in [0.2, 0.25) is 0 Å². The van der Waals surface area contributed by atoms with Crippen molar-refractivity contribution in [3.05, 3.63) is 119 Å². The van der Waals surface area contributed by atoms with Gasteiger partial charge in [0.1, 0.15) is 41.6 Å². The molecule has 4 atom stereocenters. The topological polar surface area (TPSA) is 242 Å². The number of quaternary nitrogens is 1. The van der Waals surface area contributed by atoms with Crippen molar-refractivity contribution in [2.75, 3.05) is 18.5 Å². The number of carboxylic acids is 1. The number of esters is 2. The molecule has 0 radical (unpaired) electrons. The maximum atomic E-state index is 13.2. The predicted octanol–water partition coefficient (Wildman–Crippen LogP) is 11.2. The van der Waals surface area contributed by atoms with Crippen LogP contribution in [0.25, 0.3) is 0 Å². The zero-order valence-electron chi connectivity index (χ0n) is 46.7. The van der Waals surface area contributed by atoms with Crippen molar-refractivity contribution in [1.82, 2.24) is 10.6 Å². The number of hydrogen-bond acceptors (Lipinski definition) is 12. The zero-order chi connectivity index (χ0) is 56.7. The summed E-state index contributed by atoms with van der Waals surface area (Å²) in [5, 5.41) is 17.3. The van der Waals surface area contributed by atoms with Crippen molar-refractivity contribution in [3.63, 3.8) is 0 Å². The van der Waals surface area contributed by atoms with Crippen LogP contribution in [0.1, 0.15) is 152 Å². The molecule has 2 aliphatic rings. The molecule has 17 nitrogen and oxygen atoms in total. The third kappa shape index (κ3) is 24.2. The summed E-state index contributed by atoms with van der Waals surface area (Å²) in [5.74, 6) is -0.677. The largest absolute Gasteiger partial charge is 0.493 e. The number of ether oxygens (including phenoxy) is 6. The molecule has 0 saturated heterocycles. The smallest absolute Gasteiger partial charge is 0.407 e. The van der Waals surface area contributed by atoms with E-state index in [0.717, 1.165) is 42.5 Å². The van der Waals surface area contributed by atoms with E-state index in [1.165, 1.54) is 0 Å². The molecule has 0 heterocycles. The van der Waals surface area contributed by atoms with E-state index >= 15 is 0 Å². The molecule has 2 saturated carbocycles. The van der Waals surface area contributed by atoms with Gasteiger partial charge < -0.3 is 55.2 Å². The predicted molar refractivity (Wildman–Crippen MR) is 294 cm³/mol. The maximum absolute atomic E-state index is 13.2. The van der Waals surface area contributed by atoms with Crippen LogP contribution in [0.4, 0.5) is 21.0 Å². The lowest BCUT2D eigenvalue weighted by Crippen LogP contribution is -2.44. The Balaban J connectivity index is 0.000000277. The molecule has 17 heteroatoms. The van der Waals surface area contributed by atoms with Crippen molar-refractivity contribution in [3.8, 4) is 11.5 Å². The molecule has 77 heavy (non-hydrogen) atoms. The van der Waals surface area contributed by atoms with E-state index in [4.69, 9.17) is 33.5 Å². The van der Waals surface area contributed by atoms with Crippen LogP contribution in [0.3, 0.4) is 0 Å². The molecule has 420 valence electrons. The number of alkyl carbamates (subject to hydrolysis) is 2. The first-order chi connectivity index (χ1) is 36.3. The van der Waals surface area contributed by atoms with E-state index in [-0.39, 0.29) is 42.7 Å². The average molecular weight is 1070 g/mol. The highest BCUT2D eigenvalue weighted by Gasteiger charge is 2.36. The lowest BCUT2D eigenvalue weighted by Gasteiger charge is -2.24. The summed E-state index contributed by atoms with van der Waals surface area (Å²) in [7, 11) is 0. The van der Waals surface area contributed by atoms with Gasteiger partial charge in [-0.15, -0.1) is 0 Å². The number of carbonyl (C=O) groups is 6. The lowest BCUT2D eigenvalue weighted by atomic mass is 10.0. The molecule has 0 aromatic heterocycles. The molecular formula is C60H83N4O13+. The van der Waals surface area contributed by atoms with E-state index in [2.05, 4.69) is 49.4 Å². The maximum Gasteiger partial charge on any atom is 0.407 e. The second kappa shape index (κ2) is 30.6. The van der Waals surface area contributed by atoms with E-state index in [1.807, 2.05) is 66.7 Å². The Kier molecular flexibility index (Phi) is 24.8. The number of nitrogens with one attached hydrogen (secondary N) is 3. The summed E-state index contributed by atoms with van der Waals surface area (Å²) in [6, 6.07) is 28.6. The molecule has 0 spiro atoms. The number of aliphatic carboxylic acids is 1. The van der Waals surface area contributed by atoms with Gasteiger partial charge in [-0.05, 0) is 121 Å². The van der Waals surface area contributed by atoms with Crippen molar-refractivity contribution in [2.45, 2.75) is 157 Å². The number of rotatable bonds is 19. The van der Waals surface area contributed by atoms with Gasteiger partial charge in [-0.2, -0.15) is 0 Å². The molecule has 4 unspecified atom stereocenters. The van der Waals surface area contributed by atoms with Crippen LogP contribution < -0.4 is 31.2 Å². The molecule has 4 aromatic rings. The number of anilines is 1. The fourth-order valence-corrected chi connectivity index (χ4v) is 8.20. The molecule has 6 rings (SSSR count). The average Bonchev–Trinajstić information content (AvgIpc) is 4.02. The van der Waals surface area contributed by atoms with Crippen molar-refractivity contribution in [2.24, 2.45) is 23.7 Å². The van der Waals surface area contributed by atoms with Crippen LogP contribution in [-0.2, 0) is 41.8 Å². The normalized spacial score (nSPS) is 16.8. The molecule has 2 aliphatic carbocycles. The number of amides is 3. The van der Waals surface area contributed by atoms with Gasteiger partial charge in [0.2, 0.25) is 5.91 Å². The van der Waals surface area contributed by atoms with Crippen molar-refractivity contribution < 1.29 is 68.0 Å². The van der Waals surface area contributed by atoms with Gasteiger partial charge in [-0.1, -0.05) is 101 Å². The van der Waals surface area contributed by atoms with Crippen molar-refractivity contribution >= 4 is 47.4 Å². The molecule has 4 aromatic carbocycles. The second-order valence-electron chi connectivity index (χ2n) is 22.2. The Bertz CT molecular complexity index is 2520. The third-order valence-electron chi connectivity index (χ3n) is 12.1. The summed E-state index contributed by atoms with van der Waals surface area (Å²) < 4.78 is 32.9. The first kappa shape index (κ1) is 62.4. The minimum atomic E-state index is -0.849. The van der Waals surface area contributed by atoms with E-state index < -0.39 is 47.2 Å². The molecule has 3 amide bonds. The summed E-state index contributed by atoms with van der Waals surface area (Å²) in [4.78, 5) is 72.9. The number of carboxylic acid groups (broad SMARTS) is 1. The molecular weight excluding hydrogens is 985 g/mol. The Labute approximate surface area is 454 Å². The first-order valence-corrected chi connectivity index (χ1v) is 26.7. The van der Waals surface area contributed by atoms with E-state index in [0.29, 0.717) is 73.5 Å². The minimum Gasteiger partial charge on any atom is -0.493 e. The number of carbonyl (C=O) groups excluding carboxylic acids is 5. The highest BCUT2D eigenvalue weighted by Crippen LogP contribution is 2.30. The second-order valence-corrected chi connectivity index (χ2v) is 22.2. The summed E-state index contributed by atoms with van der Waals surface area (Å²) in [5.41, 5.74) is 6.48.